The summed E-state index contributed by atoms with van der Waals surface area (Å²) < 4.78 is 0. The summed E-state index contributed by atoms with van der Waals surface area (Å²) in [6, 6.07) is 22.8. The minimum absolute atomic E-state index is 0.0111. The molecule has 4 rings (SSSR count). The number of aryl methyl sites for hydroxylation is 1. The fourth-order valence-corrected chi connectivity index (χ4v) is 3.89. The van der Waals surface area contributed by atoms with E-state index in [0.29, 0.717) is 13.0 Å². The van der Waals surface area contributed by atoms with Crippen molar-refractivity contribution in [3.63, 3.8) is 0 Å². The minimum atomic E-state index is -0.184. The molecule has 1 aromatic heterocycles. The fraction of sp³-hybridized carbons (Fsp3) is 0.185. The monoisotopic (exact) mass is 409 g/mol. The summed E-state index contributed by atoms with van der Waals surface area (Å²) in [5.74, 6) is -0.173. The first kappa shape index (κ1) is 20.6. The van der Waals surface area contributed by atoms with Gasteiger partial charge in [-0.3, -0.25) is 9.78 Å². The highest BCUT2D eigenvalue weighted by molar-refractivity contribution is 5.91. The second-order valence-corrected chi connectivity index (χ2v) is 8.11. The number of hydrogen-bond acceptors (Lipinski definition) is 3. The van der Waals surface area contributed by atoms with Crippen LogP contribution in [0.1, 0.15) is 23.6 Å². The molecular weight excluding hydrogens is 382 g/mol. The van der Waals surface area contributed by atoms with Gasteiger partial charge in [-0.1, -0.05) is 49.4 Å². The van der Waals surface area contributed by atoms with Crippen LogP contribution in [0.2, 0.25) is 0 Å². The molecule has 0 saturated heterocycles. The molecule has 3 aromatic carbocycles. The lowest BCUT2D eigenvalue weighted by molar-refractivity contribution is -0.124. The van der Waals surface area contributed by atoms with Gasteiger partial charge in [0.25, 0.3) is 0 Å². The van der Waals surface area contributed by atoms with Gasteiger partial charge in [0.1, 0.15) is 0 Å². The highest BCUT2D eigenvalue weighted by Gasteiger charge is 2.15. The maximum absolute atomic E-state index is 12.6. The molecule has 0 aliphatic rings. The molecule has 4 aromatic rings. The van der Waals surface area contributed by atoms with E-state index >= 15 is 0 Å². The summed E-state index contributed by atoms with van der Waals surface area (Å²) in [6.07, 6.45) is 4.08. The summed E-state index contributed by atoms with van der Waals surface area (Å²) in [5.41, 5.74) is 12.7. The molecule has 0 fully saturated rings. The first-order valence-corrected chi connectivity index (χ1v) is 10.6. The lowest BCUT2D eigenvalue weighted by Crippen LogP contribution is -2.30. The van der Waals surface area contributed by atoms with Crippen LogP contribution in [0.3, 0.4) is 0 Å². The maximum Gasteiger partial charge on any atom is 0.223 e. The number of benzene rings is 3. The van der Waals surface area contributed by atoms with Gasteiger partial charge in [-0.2, -0.15) is 0 Å². The zero-order chi connectivity index (χ0) is 21.8. The number of nitrogens with zero attached hydrogens (tertiary/aromatic N) is 1. The molecule has 156 valence electrons. The zero-order valence-electron chi connectivity index (χ0n) is 17.9. The van der Waals surface area contributed by atoms with Gasteiger partial charge in [0.05, 0.1) is 0 Å². The van der Waals surface area contributed by atoms with Crippen LogP contribution in [0.4, 0.5) is 5.69 Å². The zero-order valence-corrected chi connectivity index (χ0v) is 17.9. The van der Waals surface area contributed by atoms with Crippen LogP contribution in [0, 0.1) is 12.8 Å². The third kappa shape index (κ3) is 4.75. The molecule has 1 atom stereocenters. The van der Waals surface area contributed by atoms with Gasteiger partial charge in [0.15, 0.2) is 0 Å². The van der Waals surface area contributed by atoms with Crippen LogP contribution in [-0.4, -0.2) is 10.9 Å². The number of aromatic nitrogens is 1. The first-order chi connectivity index (χ1) is 15.0. The van der Waals surface area contributed by atoms with Crippen LogP contribution in [-0.2, 0) is 17.8 Å². The molecule has 0 spiro atoms. The summed E-state index contributed by atoms with van der Waals surface area (Å²) >= 11 is 0. The number of carbonyl (C=O) groups is 1. The van der Waals surface area contributed by atoms with E-state index in [1.807, 2.05) is 25.1 Å². The third-order valence-electron chi connectivity index (χ3n) is 5.72. The normalized spacial score (nSPS) is 11.9. The SMILES string of the molecule is Cc1ccccc1-c1ccc2cc(N)c(CC(C)C(=O)NCc3cccnc3)cc2c1. The van der Waals surface area contributed by atoms with E-state index in [4.69, 9.17) is 5.73 Å². The number of nitrogens with one attached hydrogen (secondary N) is 1. The van der Waals surface area contributed by atoms with E-state index in [0.717, 1.165) is 27.6 Å². The Kier molecular flexibility index (Phi) is 5.99. The highest BCUT2D eigenvalue weighted by atomic mass is 16.1. The molecule has 1 heterocycles. The number of carbonyl (C=O) groups excluding carboxylic acids is 1. The summed E-state index contributed by atoms with van der Waals surface area (Å²) in [6.45, 7) is 4.54. The third-order valence-corrected chi connectivity index (χ3v) is 5.72. The smallest absolute Gasteiger partial charge is 0.223 e. The summed E-state index contributed by atoms with van der Waals surface area (Å²) in [4.78, 5) is 16.7. The number of pyridine rings is 1. The van der Waals surface area contributed by atoms with E-state index in [9.17, 15) is 4.79 Å². The van der Waals surface area contributed by atoms with Crippen molar-refractivity contribution < 1.29 is 4.79 Å². The molecule has 31 heavy (non-hydrogen) atoms. The molecule has 0 radical (unpaired) electrons. The van der Waals surface area contributed by atoms with Crippen LogP contribution in [0.25, 0.3) is 21.9 Å². The molecular formula is C27H27N3O. The molecule has 0 aliphatic heterocycles. The van der Waals surface area contributed by atoms with Crippen LogP contribution in [0.5, 0.6) is 0 Å². The van der Waals surface area contributed by atoms with Crippen LogP contribution >= 0.6 is 0 Å². The quantitative estimate of drug-likeness (QED) is 0.425. The molecule has 4 heteroatoms. The largest absolute Gasteiger partial charge is 0.398 e. The Balaban J connectivity index is 1.53. The van der Waals surface area contributed by atoms with Gasteiger partial charge < -0.3 is 11.1 Å². The molecule has 0 bridgehead atoms. The number of hydrogen-bond donors (Lipinski definition) is 2. The minimum Gasteiger partial charge on any atom is -0.398 e. The van der Waals surface area contributed by atoms with Crippen LogP contribution < -0.4 is 11.1 Å². The Bertz CT molecular complexity index is 1220. The van der Waals surface area contributed by atoms with Gasteiger partial charge >= 0.3 is 0 Å². The van der Waals surface area contributed by atoms with Gasteiger partial charge in [0, 0.05) is 30.5 Å². The maximum atomic E-state index is 12.6. The molecule has 0 saturated carbocycles. The Hall–Kier alpha value is -3.66. The number of amides is 1. The number of fused-ring (bicyclic) bond motifs is 1. The van der Waals surface area contributed by atoms with Crippen molar-refractivity contribution in [3.05, 3.63) is 95.8 Å². The van der Waals surface area contributed by atoms with E-state index in [-0.39, 0.29) is 11.8 Å². The van der Waals surface area contributed by atoms with Crippen molar-refractivity contribution in [1.82, 2.24) is 10.3 Å². The Labute approximate surface area is 183 Å². The van der Waals surface area contributed by atoms with Crippen molar-refractivity contribution in [2.24, 2.45) is 5.92 Å². The van der Waals surface area contributed by atoms with E-state index in [2.05, 4.69) is 65.8 Å². The van der Waals surface area contributed by atoms with Crippen molar-refractivity contribution in [2.45, 2.75) is 26.8 Å². The van der Waals surface area contributed by atoms with Crippen molar-refractivity contribution in [3.8, 4) is 11.1 Å². The lowest BCUT2D eigenvalue weighted by Gasteiger charge is -2.15. The van der Waals surface area contributed by atoms with Gasteiger partial charge in [-0.25, -0.2) is 0 Å². The van der Waals surface area contributed by atoms with Crippen LogP contribution in [0.15, 0.2) is 79.1 Å². The fourth-order valence-electron chi connectivity index (χ4n) is 3.89. The molecule has 0 aliphatic carbocycles. The molecule has 1 amide bonds. The predicted molar refractivity (Wildman–Crippen MR) is 127 cm³/mol. The summed E-state index contributed by atoms with van der Waals surface area (Å²) in [5, 5.41) is 5.23. The van der Waals surface area contributed by atoms with E-state index in [1.54, 1.807) is 12.4 Å². The predicted octanol–water partition coefficient (Wildman–Crippen LogP) is 5.29. The summed E-state index contributed by atoms with van der Waals surface area (Å²) in [7, 11) is 0. The lowest BCUT2D eigenvalue weighted by atomic mass is 9.93. The van der Waals surface area contributed by atoms with Gasteiger partial charge in [-0.05, 0) is 76.2 Å². The Morgan fingerprint density at radius 2 is 1.87 bits per heavy atom. The first-order valence-electron chi connectivity index (χ1n) is 10.6. The van der Waals surface area contributed by atoms with Crippen molar-refractivity contribution in [1.29, 1.82) is 0 Å². The Morgan fingerprint density at radius 3 is 2.65 bits per heavy atom. The van der Waals surface area contributed by atoms with E-state index < -0.39 is 0 Å². The average Bonchev–Trinajstić information content (AvgIpc) is 2.78. The number of rotatable bonds is 6. The average molecular weight is 410 g/mol. The van der Waals surface area contributed by atoms with Crippen molar-refractivity contribution in [2.75, 3.05) is 5.73 Å². The van der Waals surface area contributed by atoms with Gasteiger partial charge in [0.2, 0.25) is 5.91 Å². The second kappa shape index (κ2) is 9.00. The standard InChI is InChI=1S/C27H27N3O/c1-18-6-3-4-8-25(18)22-10-9-21-15-26(28)24(14-23(21)13-22)12-19(2)27(31)30-17-20-7-5-11-29-16-20/h3-11,13-16,19H,12,17,28H2,1-2H3,(H,30,31). The Morgan fingerprint density at radius 1 is 1.03 bits per heavy atom. The highest BCUT2D eigenvalue weighted by Crippen LogP contribution is 2.30. The second-order valence-electron chi connectivity index (χ2n) is 8.11. The number of anilines is 1. The topological polar surface area (TPSA) is 68.0 Å². The van der Waals surface area contributed by atoms with Crippen molar-refractivity contribution >= 4 is 22.4 Å². The molecule has 1 unspecified atom stereocenters. The molecule has 4 nitrogen and oxygen atoms in total. The molecule has 3 N–H and O–H groups in total. The number of nitrogen functional groups attached to an aromatic ring is 1. The van der Waals surface area contributed by atoms with Gasteiger partial charge in [-0.15, -0.1) is 0 Å². The number of nitrogens with two attached hydrogens (primary N) is 1. The van der Waals surface area contributed by atoms with E-state index in [1.165, 1.54) is 16.7 Å².